The number of hydrogen-bond donors (Lipinski definition) is 2. The SMILES string of the molecule is O=C(O)CCNC(=O)c1ccc(CN(CCc2cccc(Cl)c2)Cc2ccc(Cl)cc2)s1. The van der Waals surface area contributed by atoms with E-state index in [1.54, 1.807) is 6.07 Å². The number of nitrogens with zero attached hydrogens (tertiary/aromatic N) is 1. The van der Waals surface area contributed by atoms with Crippen LogP contribution in [-0.2, 0) is 24.3 Å². The summed E-state index contributed by atoms with van der Waals surface area (Å²) < 4.78 is 0. The fourth-order valence-corrected chi connectivity index (χ4v) is 4.52. The zero-order valence-electron chi connectivity index (χ0n) is 17.4. The summed E-state index contributed by atoms with van der Waals surface area (Å²) in [6, 6.07) is 19.4. The number of nitrogens with one attached hydrogen (secondary N) is 1. The van der Waals surface area contributed by atoms with Gasteiger partial charge in [0.1, 0.15) is 0 Å². The molecule has 1 heterocycles. The van der Waals surface area contributed by atoms with Gasteiger partial charge < -0.3 is 10.4 Å². The number of carboxylic acid groups (broad SMARTS) is 1. The van der Waals surface area contributed by atoms with E-state index < -0.39 is 5.97 Å². The topological polar surface area (TPSA) is 69.6 Å². The molecular weight excluding hydrogens is 467 g/mol. The minimum Gasteiger partial charge on any atom is -0.481 e. The zero-order chi connectivity index (χ0) is 22.9. The summed E-state index contributed by atoms with van der Waals surface area (Å²) in [5.74, 6) is -1.18. The normalized spacial score (nSPS) is 11.0. The monoisotopic (exact) mass is 490 g/mol. The van der Waals surface area contributed by atoms with E-state index in [2.05, 4.69) is 16.3 Å². The van der Waals surface area contributed by atoms with E-state index in [-0.39, 0.29) is 18.9 Å². The molecule has 1 amide bonds. The predicted octanol–water partition coefficient (Wildman–Crippen LogP) is 5.50. The predicted molar refractivity (Wildman–Crippen MR) is 130 cm³/mol. The van der Waals surface area contributed by atoms with E-state index >= 15 is 0 Å². The van der Waals surface area contributed by atoms with Crippen LogP contribution in [0.4, 0.5) is 0 Å². The number of aliphatic carboxylic acids is 1. The van der Waals surface area contributed by atoms with Crippen LogP contribution in [0.1, 0.15) is 32.1 Å². The Morgan fingerprint density at radius 2 is 1.72 bits per heavy atom. The lowest BCUT2D eigenvalue weighted by Gasteiger charge is -2.22. The van der Waals surface area contributed by atoms with Crippen molar-refractivity contribution in [2.45, 2.75) is 25.9 Å². The molecule has 2 N–H and O–H groups in total. The van der Waals surface area contributed by atoms with E-state index in [9.17, 15) is 9.59 Å². The van der Waals surface area contributed by atoms with Crippen LogP contribution < -0.4 is 5.32 Å². The lowest BCUT2D eigenvalue weighted by Crippen LogP contribution is -2.25. The second-order valence-electron chi connectivity index (χ2n) is 7.38. The van der Waals surface area contributed by atoms with Gasteiger partial charge in [-0.15, -0.1) is 11.3 Å². The highest BCUT2D eigenvalue weighted by atomic mass is 35.5. The Morgan fingerprint density at radius 3 is 2.44 bits per heavy atom. The molecule has 0 spiro atoms. The minimum absolute atomic E-state index is 0.0949. The number of benzene rings is 2. The Kier molecular flexibility index (Phi) is 9.11. The average Bonchev–Trinajstić information content (AvgIpc) is 3.22. The van der Waals surface area contributed by atoms with Crippen LogP contribution in [0.25, 0.3) is 0 Å². The number of halogens is 2. The molecule has 0 atom stereocenters. The summed E-state index contributed by atoms with van der Waals surface area (Å²) in [6.45, 7) is 2.37. The molecule has 8 heteroatoms. The van der Waals surface area contributed by atoms with Crippen LogP contribution in [0.3, 0.4) is 0 Å². The maximum atomic E-state index is 12.3. The molecular formula is C24H24Cl2N2O3S. The molecule has 3 rings (SSSR count). The van der Waals surface area contributed by atoms with Gasteiger partial charge in [-0.05, 0) is 53.9 Å². The molecule has 0 radical (unpaired) electrons. The second kappa shape index (κ2) is 12.0. The van der Waals surface area contributed by atoms with Crippen molar-refractivity contribution in [2.24, 2.45) is 0 Å². The van der Waals surface area contributed by atoms with Gasteiger partial charge in [0.15, 0.2) is 0 Å². The van der Waals surface area contributed by atoms with Crippen molar-refractivity contribution in [3.63, 3.8) is 0 Å². The van der Waals surface area contributed by atoms with E-state index in [0.29, 0.717) is 16.4 Å². The minimum atomic E-state index is -0.935. The maximum Gasteiger partial charge on any atom is 0.305 e. The lowest BCUT2D eigenvalue weighted by atomic mass is 10.1. The molecule has 5 nitrogen and oxygen atoms in total. The Morgan fingerprint density at radius 1 is 0.938 bits per heavy atom. The third-order valence-electron chi connectivity index (χ3n) is 4.81. The number of hydrogen-bond acceptors (Lipinski definition) is 4. The van der Waals surface area contributed by atoms with Crippen molar-refractivity contribution in [3.8, 4) is 0 Å². The molecule has 0 aliphatic carbocycles. The van der Waals surface area contributed by atoms with Crippen molar-refractivity contribution in [2.75, 3.05) is 13.1 Å². The fraction of sp³-hybridized carbons (Fsp3) is 0.250. The van der Waals surface area contributed by atoms with Crippen LogP contribution in [0.15, 0.2) is 60.7 Å². The van der Waals surface area contributed by atoms with Gasteiger partial charge in [-0.25, -0.2) is 0 Å². The van der Waals surface area contributed by atoms with Gasteiger partial charge in [0.2, 0.25) is 0 Å². The van der Waals surface area contributed by atoms with Crippen LogP contribution in [-0.4, -0.2) is 35.0 Å². The third kappa shape index (κ3) is 7.95. The van der Waals surface area contributed by atoms with Crippen LogP contribution in [0.2, 0.25) is 10.0 Å². The molecule has 2 aromatic carbocycles. The van der Waals surface area contributed by atoms with Crippen molar-refractivity contribution < 1.29 is 14.7 Å². The first-order valence-corrected chi connectivity index (χ1v) is 11.8. The second-order valence-corrected chi connectivity index (χ2v) is 9.42. The molecule has 1 aromatic heterocycles. The van der Waals surface area contributed by atoms with E-state index in [1.807, 2.05) is 48.5 Å². The van der Waals surface area contributed by atoms with Gasteiger partial charge in [0.25, 0.3) is 5.91 Å². The molecule has 0 bridgehead atoms. The first kappa shape index (κ1) is 24.3. The van der Waals surface area contributed by atoms with Gasteiger partial charge in [-0.2, -0.15) is 0 Å². The number of rotatable bonds is 11. The van der Waals surface area contributed by atoms with E-state index in [0.717, 1.165) is 35.0 Å². The first-order chi connectivity index (χ1) is 15.4. The fourth-order valence-electron chi connectivity index (χ4n) is 3.22. The van der Waals surface area contributed by atoms with Gasteiger partial charge >= 0.3 is 5.97 Å². The van der Waals surface area contributed by atoms with Gasteiger partial charge in [-0.1, -0.05) is 47.5 Å². The highest BCUT2D eigenvalue weighted by molar-refractivity contribution is 7.14. The molecule has 3 aromatic rings. The Hall–Kier alpha value is -2.38. The number of thiophene rings is 1. The number of carboxylic acids is 1. The number of carbonyl (C=O) groups excluding carboxylic acids is 1. The summed E-state index contributed by atoms with van der Waals surface area (Å²) in [7, 11) is 0. The Bertz CT molecular complexity index is 1050. The van der Waals surface area contributed by atoms with Crippen molar-refractivity contribution >= 4 is 46.4 Å². The molecule has 0 unspecified atom stereocenters. The molecule has 168 valence electrons. The summed E-state index contributed by atoms with van der Waals surface area (Å²) in [5, 5.41) is 12.8. The summed E-state index contributed by atoms with van der Waals surface area (Å²) in [6.07, 6.45) is 0.754. The molecule has 0 saturated heterocycles. The lowest BCUT2D eigenvalue weighted by molar-refractivity contribution is -0.136. The van der Waals surface area contributed by atoms with Crippen LogP contribution in [0, 0.1) is 0 Å². The third-order valence-corrected chi connectivity index (χ3v) is 6.37. The van der Waals surface area contributed by atoms with E-state index in [1.165, 1.54) is 16.9 Å². The molecule has 0 aliphatic heterocycles. The van der Waals surface area contributed by atoms with Gasteiger partial charge in [0, 0.05) is 41.1 Å². The smallest absolute Gasteiger partial charge is 0.305 e. The molecule has 0 saturated carbocycles. The molecule has 0 aliphatic rings. The summed E-state index contributed by atoms with van der Waals surface area (Å²) >= 11 is 13.6. The number of carbonyl (C=O) groups is 2. The molecule has 0 fully saturated rings. The van der Waals surface area contributed by atoms with Crippen LogP contribution in [0.5, 0.6) is 0 Å². The maximum absolute atomic E-state index is 12.3. The quantitative estimate of drug-likeness (QED) is 0.372. The highest BCUT2D eigenvalue weighted by Crippen LogP contribution is 2.21. The van der Waals surface area contributed by atoms with Crippen LogP contribution >= 0.6 is 34.5 Å². The summed E-state index contributed by atoms with van der Waals surface area (Å²) in [4.78, 5) is 26.8. The Labute approximate surface area is 201 Å². The average molecular weight is 491 g/mol. The summed E-state index contributed by atoms with van der Waals surface area (Å²) in [5.41, 5.74) is 2.33. The van der Waals surface area contributed by atoms with Gasteiger partial charge in [0.05, 0.1) is 11.3 Å². The largest absolute Gasteiger partial charge is 0.481 e. The van der Waals surface area contributed by atoms with Crippen molar-refractivity contribution in [1.82, 2.24) is 10.2 Å². The Balaban J connectivity index is 1.66. The van der Waals surface area contributed by atoms with Crippen molar-refractivity contribution in [1.29, 1.82) is 0 Å². The number of amides is 1. The zero-order valence-corrected chi connectivity index (χ0v) is 19.7. The molecule has 32 heavy (non-hydrogen) atoms. The van der Waals surface area contributed by atoms with E-state index in [4.69, 9.17) is 28.3 Å². The standard InChI is InChI=1S/C24H24Cl2N2O3S/c25-19-6-4-18(5-7-19)15-28(13-11-17-2-1-3-20(26)14-17)16-21-8-9-22(32-21)24(31)27-12-10-23(29)30/h1-9,14H,10-13,15-16H2,(H,27,31)(H,29,30). The highest BCUT2D eigenvalue weighted by Gasteiger charge is 2.13. The van der Waals surface area contributed by atoms with Gasteiger partial charge in [-0.3, -0.25) is 14.5 Å². The first-order valence-electron chi connectivity index (χ1n) is 10.2. The van der Waals surface area contributed by atoms with Crippen molar-refractivity contribution in [3.05, 3.63) is 91.6 Å².